The molecule has 0 heterocycles. The predicted octanol–water partition coefficient (Wildman–Crippen LogP) is 6.36. The number of rotatable bonds is 0. The van der Waals surface area contributed by atoms with Crippen molar-refractivity contribution in [1.82, 2.24) is 0 Å². The maximum Gasteiger partial charge on any atom is 0 e. The second-order valence-electron chi connectivity index (χ2n) is 8.59. The van der Waals surface area contributed by atoms with E-state index in [-0.39, 0.29) is 17.1 Å². The quantitative estimate of drug-likeness (QED) is 0.452. The first-order valence-electron chi connectivity index (χ1n) is 9.11. The van der Waals surface area contributed by atoms with Gasteiger partial charge in [-0.1, -0.05) is 69.2 Å². The molecule has 0 saturated heterocycles. The zero-order valence-electron chi connectivity index (χ0n) is 16.2. The van der Waals surface area contributed by atoms with Crippen molar-refractivity contribution in [2.75, 3.05) is 0 Å². The van der Waals surface area contributed by atoms with Gasteiger partial charge in [0.15, 0.2) is 0 Å². The third-order valence-electron chi connectivity index (χ3n) is 8.29. The van der Waals surface area contributed by atoms with Crippen LogP contribution < -0.4 is 0 Å². The molecule has 0 unspecified atom stereocenters. The van der Waals surface area contributed by atoms with Crippen molar-refractivity contribution < 1.29 is 17.1 Å². The van der Waals surface area contributed by atoms with Gasteiger partial charge < -0.3 is 0 Å². The first-order chi connectivity index (χ1) is 9.11. The van der Waals surface area contributed by atoms with E-state index in [1.165, 1.54) is 0 Å². The normalized spacial score (nSPS) is 52.9. The molecule has 2 fully saturated rings. The second-order valence-corrected chi connectivity index (χ2v) is 8.59. The van der Waals surface area contributed by atoms with Gasteiger partial charge >= 0.3 is 0 Å². The predicted molar refractivity (Wildman–Crippen MR) is 91.6 cm³/mol. The van der Waals surface area contributed by atoms with Crippen LogP contribution in [0.25, 0.3) is 0 Å². The molecule has 127 valence electrons. The molecule has 2 rings (SSSR count). The van der Waals surface area contributed by atoms with Gasteiger partial charge in [-0.2, -0.15) is 0 Å². The Labute approximate surface area is 145 Å². The summed E-state index contributed by atoms with van der Waals surface area (Å²) in [4.78, 5) is 0. The summed E-state index contributed by atoms with van der Waals surface area (Å²) in [6, 6.07) is 0. The summed E-state index contributed by atoms with van der Waals surface area (Å²) in [6.07, 6.45) is 0. The maximum atomic E-state index is 2.40. The molecule has 0 nitrogen and oxygen atoms in total. The minimum absolute atomic E-state index is 0. The third-order valence-corrected chi connectivity index (χ3v) is 8.29. The molecule has 1 radical (unpaired) electrons. The molecule has 0 spiro atoms. The minimum atomic E-state index is 0. The smallest absolute Gasteiger partial charge is 0 e. The van der Waals surface area contributed by atoms with Crippen LogP contribution >= 0.6 is 0 Å². The first-order valence-corrected chi connectivity index (χ1v) is 9.11. The number of hydrogen-bond donors (Lipinski definition) is 0. The van der Waals surface area contributed by atoms with Crippen LogP contribution in [-0.2, 0) is 17.1 Å². The van der Waals surface area contributed by atoms with Gasteiger partial charge in [-0.3, -0.25) is 0 Å². The number of hydrogen-bond acceptors (Lipinski definition) is 0. The van der Waals surface area contributed by atoms with E-state index in [1.807, 2.05) is 0 Å². The van der Waals surface area contributed by atoms with Crippen LogP contribution in [0.5, 0.6) is 0 Å². The van der Waals surface area contributed by atoms with Crippen molar-refractivity contribution in [3.05, 3.63) is 0 Å². The Kier molecular flexibility index (Phi) is 8.60. The van der Waals surface area contributed by atoms with Crippen molar-refractivity contribution in [2.24, 2.45) is 59.2 Å². The molecule has 0 aromatic carbocycles. The van der Waals surface area contributed by atoms with Crippen LogP contribution in [0.1, 0.15) is 69.2 Å². The summed E-state index contributed by atoms with van der Waals surface area (Å²) in [7, 11) is 0. The molecule has 0 bridgehead atoms. The van der Waals surface area contributed by atoms with Crippen LogP contribution in [0, 0.1) is 59.2 Å². The van der Waals surface area contributed by atoms with Gasteiger partial charge in [-0.15, -0.1) is 0 Å². The molecule has 2 aliphatic carbocycles. The van der Waals surface area contributed by atoms with Crippen LogP contribution in [0.4, 0.5) is 0 Å². The van der Waals surface area contributed by atoms with E-state index in [0.29, 0.717) is 0 Å². The zero-order chi connectivity index (χ0) is 15.8. The van der Waals surface area contributed by atoms with E-state index < -0.39 is 0 Å². The molecule has 0 amide bonds. The Morgan fingerprint density at radius 2 is 0.286 bits per heavy atom. The van der Waals surface area contributed by atoms with E-state index >= 15 is 0 Å². The fraction of sp³-hybridized carbons (Fsp3) is 1.00. The van der Waals surface area contributed by atoms with Crippen molar-refractivity contribution in [3.63, 3.8) is 0 Å². The maximum absolute atomic E-state index is 2.40. The van der Waals surface area contributed by atoms with E-state index in [2.05, 4.69) is 69.2 Å². The summed E-state index contributed by atoms with van der Waals surface area (Å²) in [5, 5.41) is 0. The van der Waals surface area contributed by atoms with Crippen molar-refractivity contribution in [1.29, 1.82) is 0 Å². The zero-order valence-corrected chi connectivity index (χ0v) is 17.3. The van der Waals surface area contributed by atoms with Crippen molar-refractivity contribution in [3.8, 4) is 0 Å². The molecule has 1 heteroatoms. The summed E-state index contributed by atoms with van der Waals surface area (Å²) in [6.45, 7) is 24.0. The molecule has 0 aromatic rings. The fourth-order valence-corrected chi connectivity index (χ4v) is 4.79. The summed E-state index contributed by atoms with van der Waals surface area (Å²) in [5.74, 6) is 9.35. The minimum Gasteiger partial charge on any atom is -0.0620 e. The molecule has 21 heavy (non-hydrogen) atoms. The van der Waals surface area contributed by atoms with E-state index in [1.54, 1.807) is 0 Å². The third kappa shape index (κ3) is 4.29. The molecule has 0 atom stereocenters. The molecule has 0 aliphatic heterocycles. The van der Waals surface area contributed by atoms with Crippen LogP contribution in [0.3, 0.4) is 0 Å². The standard InChI is InChI=1S/2C10H20.Mn/c2*1-6-7(2)9(4)10(5)8(6)3;/h2*6-10H,1-5H3;. The molecular weight excluding hydrogens is 295 g/mol. The Morgan fingerprint density at radius 1 is 0.238 bits per heavy atom. The van der Waals surface area contributed by atoms with Crippen molar-refractivity contribution in [2.45, 2.75) is 69.2 Å². The summed E-state index contributed by atoms with van der Waals surface area (Å²) in [5.41, 5.74) is 0. The monoisotopic (exact) mass is 335 g/mol. The SMILES string of the molecule is CC1C(C)C(C)C(C)C1C.CC1C(C)C(C)C(C)C1C.[Mn]. The second kappa shape index (κ2) is 8.39. The van der Waals surface area contributed by atoms with Gasteiger partial charge in [0.1, 0.15) is 0 Å². The Bertz CT molecular complexity index is 181. The largest absolute Gasteiger partial charge is 0.0620 e. The van der Waals surface area contributed by atoms with Gasteiger partial charge in [0, 0.05) is 17.1 Å². The van der Waals surface area contributed by atoms with Gasteiger partial charge in [0.05, 0.1) is 0 Å². The van der Waals surface area contributed by atoms with Crippen LogP contribution in [-0.4, -0.2) is 0 Å². The molecule has 0 aromatic heterocycles. The molecule has 2 aliphatic rings. The molecular formula is C20H40Mn. The average Bonchev–Trinajstić information content (AvgIpc) is 2.71. The Balaban J connectivity index is 0.000000364. The van der Waals surface area contributed by atoms with E-state index in [9.17, 15) is 0 Å². The van der Waals surface area contributed by atoms with Crippen LogP contribution in [0.15, 0.2) is 0 Å². The van der Waals surface area contributed by atoms with Gasteiger partial charge in [-0.25, -0.2) is 0 Å². The summed E-state index contributed by atoms with van der Waals surface area (Å²) >= 11 is 0. The van der Waals surface area contributed by atoms with E-state index in [0.717, 1.165) is 59.2 Å². The van der Waals surface area contributed by atoms with Crippen LogP contribution in [0.2, 0.25) is 0 Å². The van der Waals surface area contributed by atoms with Crippen molar-refractivity contribution >= 4 is 0 Å². The van der Waals surface area contributed by atoms with E-state index in [4.69, 9.17) is 0 Å². The topological polar surface area (TPSA) is 0 Å². The average molecular weight is 335 g/mol. The Morgan fingerprint density at radius 3 is 0.333 bits per heavy atom. The van der Waals surface area contributed by atoms with Gasteiger partial charge in [-0.05, 0) is 59.2 Å². The molecule has 2 saturated carbocycles. The Hall–Kier alpha value is 0.519. The molecule has 0 N–H and O–H groups in total. The fourth-order valence-electron chi connectivity index (χ4n) is 4.79. The van der Waals surface area contributed by atoms with Gasteiger partial charge in [0.2, 0.25) is 0 Å². The summed E-state index contributed by atoms with van der Waals surface area (Å²) < 4.78 is 0. The first kappa shape index (κ1) is 21.5. The van der Waals surface area contributed by atoms with Gasteiger partial charge in [0.25, 0.3) is 0 Å².